The monoisotopic (exact) mass is 274 g/mol. The summed E-state index contributed by atoms with van der Waals surface area (Å²) in [5.74, 6) is 0.497. The van der Waals surface area contributed by atoms with E-state index in [1.165, 1.54) is 0 Å². The summed E-state index contributed by atoms with van der Waals surface area (Å²) >= 11 is 5.32. The molecule has 0 saturated carbocycles. The maximum atomic E-state index is 11.0. The maximum absolute atomic E-state index is 11.0. The summed E-state index contributed by atoms with van der Waals surface area (Å²) in [5, 5.41) is 0. The third kappa shape index (κ3) is 2.96. The van der Waals surface area contributed by atoms with E-state index in [0.717, 1.165) is 11.1 Å². The molecule has 0 spiro atoms. The third-order valence-electron chi connectivity index (χ3n) is 3.25. The van der Waals surface area contributed by atoms with E-state index < -0.39 is 5.43 Å². The maximum Gasteiger partial charge on any atom is 0.409 e. The summed E-state index contributed by atoms with van der Waals surface area (Å²) < 4.78 is 5.08. The van der Waals surface area contributed by atoms with Crippen LogP contribution in [0, 0.1) is 0 Å². The van der Waals surface area contributed by atoms with Crippen LogP contribution in [0.25, 0.3) is 0 Å². The molecule has 0 atom stereocenters. The molecule has 0 radical (unpaired) electrons. The van der Waals surface area contributed by atoms with E-state index in [1.807, 2.05) is 36.4 Å². The molecule has 0 amide bonds. The van der Waals surface area contributed by atoms with Crippen LogP contribution in [-0.4, -0.2) is 5.43 Å². The first kappa shape index (κ1) is 13.6. The summed E-state index contributed by atoms with van der Waals surface area (Å²) in [5.41, 5.74) is 0.976. The summed E-state index contributed by atoms with van der Waals surface area (Å²) in [6, 6.07) is 17.5. The molecule has 2 aromatic rings. The Balaban J connectivity index is 2.49. The lowest BCUT2D eigenvalue weighted by Gasteiger charge is -2.27. The minimum Gasteiger partial charge on any atom is -0.414 e. The zero-order chi connectivity index (χ0) is 13.9. The van der Waals surface area contributed by atoms with Crippen LogP contribution in [0.15, 0.2) is 54.6 Å². The molecule has 98 valence electrons. The van der Waals surface area contributed by atoms with Gasteiger partial charge in [0.1, 0.15) is 5.75 Å². The van der Waals surface area contributed by atoms with Gasteiger partial charge < -0.3 is 4.74 Å². The molecule has 0 N–H and O–H groups in total. The molecule has 2 aromatic carbocycles. The number of hydrogen-bond donors (Lipinski definition) is 0. The summed E-state index contributed by atoms with van der Waals surface area (Å²) in [6.45, 7) is 4.17. The van der Waals surface area contributed by atoms with E-state index >= 15 is 0 Å². The zero-order valence-electron chi connectivity index (χ0n) is 10.9. The Labute approximate surface area is 118 Å². The van der Waals surface area contributed by atoms with E-state index in [2.05, 4.69) is 26.0 Å². The summed E-state index contributed by atoms with van der Waals surface area (Å²) in [6.07, 6.45) is 0. The van der Waals surface area contributed by atoms with Crippen molar-refractivity contribution in [3.8, 4) is 5.75 Å². The molecule has 0 fully saturated rings. The number of hydrogen-bond acceptors (Lipinski definition) is 2. The van der Waals surface area contributed by atoms with Gasteiger partial charge in [-0.3, -0.25) is 0 Å². The summed E-state index contributed by atoms with van der Waals surface area (Å²) in [7, 11) is 0. The highest BCUT2D eigenvalue weighted by atomic mass is 35.5. The molecule has 0 aliphatic carbocycles. The minimum atomic E-state index is -0.823. The minimum absolute atomic E-state index is 0.274. The van der Waals surface area contributed by atoms with Crippen molar-refractivity contribution in [2.75, 3.05) is 0 Å². The van der Waals surface area contributed by atoms with Crippen LogP contribution in [0.1, 0.15) is 25.0 Å². The molecule has 0 saturated heterocycles. The van der Waals surface area contributed by atoms with Gasteiger partial charge in [0.15, 0.2) is 0 Å². The Morgan fingerprint density at radius 1 is 1.00 bits per heavy atom. The van der Waals surface area contributed by atoms with Crippen molar-refractivity contribution in [1.29, 1.82) is 0 Å². The van der Waals surface area contributed by atoms with Crippen LogP contribution in [0.5, 0.6) is 5.75 Å². The molecule has 19 heavy (non-hydrogen) atoms. The lowest BCUT2D eigenvalue weighted by atomic mass is 9.78. The number of benzene rings is 2. The van der Waals surface area contributed by atoms with Gasteiger partial charge in [-0.25, -0.2) is 4.79 Å². The largest absolute Gasteiger partial charge is 0.414 e. The van der Waals surface area contributed by atoms with E-state index in [0.29, 0.717) is 5.75 Å². The Morgan fingerprint density at radius 2 is 1.58 bits per heavy atom. The van der Waals surface area contributed by atoms with E-state index in [1.54, 1.807) is 6.07 Å². The lowest BCUT2D eigenvalue weighted by molar-refractivity contribution is 0.225. The fourth-order valence-corrected chi connectivity index (χ4v) is 2.25. The van der Waals surface area contributed by atoms with Crippen LogP contribution in [0.4, 0.5) is 4.79 Å². The van der Waals surface area contributed by atoms with Gasteiger partial charge in [0.2, 0.25) is 0 Å². The predicted molar refractivity (Wildman–Crippen MR) is 76.9 cm³/mol. The SMILES string of the molecule is CC(C)(c1ccccc1)c1ccccc1OC(=O)Cl. The standard InChI is InChI=1S/C16H15ClO2/c1-16(2,12-8-4-3-5-9-12)13-10-6-7-11-14(13)19-15(17)18/h3-11H,1-2H3. The Morgan fingerprint density at radius 3 is 2.21 bits per heavy atom. The van der Waals surface area contributed by atoms with Gasteiger partial charge in [0.25, 0.3) is 0 Å². The Hall–Kier alpha value is -1.80. The van der Waals surface area contributed by atoms with Gasteiger partial charge in [-0.05, 0) is 11.6 Å². The fraction of sp³-hybridized carbons (Fsp3) is 0.188. The number of rotatable bonds is 3. The Kier molecular flexibility index (Phi) is 3.91. The molecule has 0 bridgehead atoms. The fourth-order valence-electron chi connectivity index (χ4n) is 2.17. The topological polar surface area (TPSA) is 26.3 Å². The predicted octanol–water partition coefficient (Wildman–Crippen LogP) is 4.75. The van der Waals surface area contributed by atoms with Crippen molar-refractivity contribution in [1.82, 2.24) is 0 Å². The first-order valence-corrected chi connectivity index (χ1v) is 6.42. The summed E-state index contributed by atoms with van der Waals surface area (Å²) in [4.78, 5) is 11.0. The number of para-hydroxylation sites is 1. The zero-order valence-corrected chi connectivity index (χ0v) is 11.6. The van der Waals surface area contributed by atoms with Crippen LogP contribution in [0.3, 0.4) is 0 Å². The molecular formula is C16H15ClO2. The van der Waals surface area contributed by atoms with Crippen molar-refractivity contribution >= 4 is 17.0 Å². The van der Waals surface area contributed by atoms with Crippen molar-refractivity contribution in [3.05, 3.63) is 65.7 Å². The quantitative estimate of drug-likeness (QED) is 0.755. The molecule has 2 rings (SSSR count). The second-order valence-electron chi connectivity index (χ2n) is 4.83. The molecule has 0 aliphatic heterocycles. The molecule has 2 nitrogen and oxygen atoms in total. The average molecular weight is 275 g/mol. The van der Waals surface area contributed by atoms with Crippen LogP contribution < -0.4 is 4.74 Å². The lowest BCUT2D eigenvalue weighted by Crippen LogP contribution is -2.20. The number of carbonyl (C=O) groups excluding carboxylic acids is 1. The normalized spacial score (nSPS) is 11.1. The second kappa shape index (κ2) is 5.45. The number of carbonyl (C=O) groups is 1. The highest BCUT2D eigenvalue weighted by molar-refractivity contribution is 6.61. The molecule has 0 unspecified atom stereocenters. The first-order chi connectivity index (χ1) is 9.01. The Bertz CT molecular complexity index is 576. The van der Waals surface area contributed by atoms with Crippen LogP contribution in [0.2, 0.25) is 0 Å². The smallest absolute Gasteiger partial charge is 0.409 e. The van der Waals surface area contributed by atoms with Gasteiger partial charge in [-0.1, -0.05) is 62.4 Å². The molecule has 0 aromatic heterocycles. The number of halogens is 1. The van der Waals surface area contributed by atoms with E-state index in [4.69, 9.17) is 16.3 Å². The highest BCUT2D eigenvalue weighted by Crippen LogP contribution is 2.37. The van der Waals surface area contributed by atoms with E-state index in [-0.39, 0.29) is 5.41 Å². The van der Waals surface area contributed by atoms with Gasteiger partial charge in [0, 0.05) is 22.6 Å². The van der Waals surface area contributed by atoms with Gasteiger partial charge >= 0.3 is 5.43 Å². The first-order valence-electron chi connectivity index (χ1n) is 6.04. The molecule has 0 heterocycles. The molecular weight excluding hydrogens is 260 g/mol. The van der Waals surface area contributed by atoms with Crippen molar-refractivity contribution < 1.29 is 9.53 Å². The van der Waals surface area contributed by atoms with Crippen molar-refractivity contribution in [2.45, 2.75) is 19.3 Å². The average Bonchev–Trinajstić information content (AvgIpc) is 2.39. The number of ether oxygens (including phenoxy) is 1. The van der Waals surface area contributed by atoms with Crippen molar-refractivity contribution in [2.24, 2.45) is 0 Å². The highest BCUT2D eigenvalue weighted by Gasteiger charge is 2.26. The van der Waals surface area contributed by atoms with E-state index in [9.17, 15) is 4.79 Å². The van der Waals surface area contributed by atoms with Gasteiger partial charge in [-0.15, -0.1) is 0 Å². The third-order valence-corrected chi connectivity index (χ3v) is 3.32. The van der Waals surface area contributed by atoms with Crippen LogP contribution >= 0.6 is 11.6 Å². The van der Waals surface area contributed by atoms with Gasteiger partial charge in [-0.2, -0.15) is 0 Å². The van der Waals surface area contributed by atoms with Crippen molar-refractivity contribution in [3.63, 3.8) is 0 Å². The molecule has 3 heteroatoms. The van der Waals surface area contributed by atoms with Crippen LogP contribution in [-0.2, 0) is 5.41 Å². The second-order valence-corrected chi connectivity index (χ2v) is 5.14. The van der Waals surface area contributed by atoms with Gasteiger partial charge in [0.05, 0.1) is 0 Å². The molecule has 0 aliphatic rings.